The summed E-state index contributed by atoms with van der Waals surface area (Å²) < 4.78 is 0. The summed E-state index contributed by atoms with van der Waals surface area (Å²) in [5.74, 6) is 0. The molecule has 1 aromatic heterocycles. The molecule has 0 fully saturated rings. The van der Waals surface area contributed by atoms with Gasteiger partial charge in [0.2, 0.25) is 0 Å². The second-order valence-electron chi connectivity index (χ2n) is 4.38. The molecule has 0 radical (unpaired) electrons. The van der Waals surface area contributed by atoms with Crippen molar-refractivity contribution in [3.8, 4) is 0 Å². The highest BCUT2D eigenvalue weighted by molar-refractivity contribution is 8.15. The Morgan fingerprint density at radius 2 is 2.24 bits per heavy atom. The molecular weight excluding hydrogens is 230 g/mol. The van der Waals surface area contributed by atoms with Gasteiger partial charge in [-0.25, -0.2) is 0 Å². The summed E-state index contributed by atoms with van der Waals surface area (Å²) in [5, 5.41) is 5.07. The number of hydrogen-bond acceptors (Lipinski definition) is 4. The predicted octanol–water partition coefficient (Wildman–Crippen LogP) is 3.38. The van der Waals surface area contributed by atoms with Gasteiger partial charge >= 0.3 is 0 Å². The fraction of sp³-hybridized carbons (Fsp3) is 0.538. The van der Waals surface area contributed by atoms with E-state index in [1.54, 1.807) is 0 Å². The molecule has 2 rings (SSSR count). The average Bonchev–Trinajstić information content (AvgIpc) is 2.71. The zero-order chi connectivity index (χ0) is 12.3. The van der Waals surface area contributed by atoms with Crippen molar-refractivity contribution >= 4 is 22.6 Å². The van der Waals surface area contributed by atoms with E-state index in [0.29, 0.717) is 5.25 Å². The maximum atomic E-state index is 4.54. The molecule has 17 heavy (non-hydrogen) atoms. The highest BCUT2D eigenvalue weighted by Gasteiger charge is 2.19. The monoisotopic (exact) mass is 249 g/mol. The number of anilines is 1. The first kappa shape index (κ1) is 12.4. The van der Waals surface area contributed by atoms with Gasteiger partial charge in [0, 0.05) is 10.9 Å². The number of aryl methyl sites for hydroxylation is 2. The Morgan fingerprint density at radius 1 is 1.41 bits per heavy atom. The smallest absolute Gasteiger partial charge is 0.161 e. The van der Waals surface area contributed by atoms with E-state index >= 15 is 0 Å². The van der Waals surface area contributed by atoms with Gasteiger partial charge in [-0.2, -0.15) is 0 Å². The van der Waals surface area contributed by atoms with Crippen LogP contribution in [0.1, 0.15) is 31.2 Å². The Hall–Kier alpha value is -1.03. The first-order chi connectivity index (χ1) is 8.19. The molecule has 0 bridgehead atoms. The Kier molecular flexibility index (Phi) is 4.05. The zero-order valence-corrected chi connectivity index (χ0v) is 11.5. The number of pyridine rings is 1. The maximum absolute atomic E-state index is 4.54. The Balaban J connectivity index is 1.98. The summed E-state index contributed by atoms with van der Waals surface area (Å²) in [6.45, 7) is 7.20. The molecule has 3 nitrogen and oxygen atoms in total. The summed E-state index contributed by atoms with van der Waals surface area (Å²) in [5.41, 5.74) is 3.16. The lowest BCUT2D eigenvalue weighted by atomic mass is 10.2. The van der Waals surface area contributed by atoms with Gasteiger partial charge in [0.05, 0.1) is 17.9 Å². The van der Waals surface area contributed by atoms with Crippen molar-refractivity contribution in [2.24, 2.45) is 4.99 Å². The van der Waals surface area contributed by atoms with Gasteiger partial charge in [-0.1, -0.05) is 25.1 Å². The lowest BCUT2D eigenvalue weighted by molar-refractivity contribution is 0.754. The third-order valence-electron chi connectivity index (χ3n) is 2.79. The lowest BCUT2D eigenvalue weighted by Gasteiger charge is -2.10. The molecule has 4 heteroatoms. The van der Waals surface area contributed by atoms with Crippen LogP contribution in [0.2, 0.25) is 0 Å². The molecule has 0 aliphatic carbocycles. The second-order valence-corrected chi connectivity index (χ2v) is 5.67. The molecule has 2 heterocycles. The molecule has 1 N–H and O–H groups in total. The van der Waals surface area contributed by atoms with Crippen molar-refractivity contribution in [3.05, 3.63) is 23.5 Å². The van der Waals surface area contributed by atoms with Gasteiger partial charge in [-0.15, -0.1) is 0 Å². The summed E-state index contributed by atoms with van der Waals surface area (Å²) in [6.07, 6.45) is 2.47. The van der Waals surface area contributed by atoms with E-state index in [-0.39, 0.29) is 0 Å². The normalized spacial score (nSPS) is 19.2. The first-order valence-electron chi connectivity index (χ1n) is 6.11. The number of aliphatic imine (C=N–C) groups is 1. The largest absolute Gasteiger partial charge is 0.333 e. The number of thioether (sulfide) groups is 1. The van der Waals surface area contributed by atoms with E-state index in [4.69, 9.17) is 0 Å². The van der Waals surface area contributed by atoms with E-state index in [0.717, 1.165) is 28.8 Å². The molecule has 0 aromatic carbocycles. The van der Waals surface area contributed by atoms with Gasteiger partial charge in [0.15, 0.2) is 5.17 Å². The third-order valence-corrected chi connectivity index (χ3v) is 3.97. The molecule has 1 aliphatic heterocycles. The van der Waals surface area contributed by atoms with Crippen LogP contribution in [0.4, 0.5) is 5.69 Å². The van der Waals surface area contributed by atoms with Gasteiger partial charge in [0.25, 0.3) is 0 Å². The van der Waals surface area contributed by atoms with Crippen LogP contribution < -0.4 is 5.32 Å². The van der Waals surface area contributed by atoms with E-state index in [2.05, 4.69) is 28.3 Å². The molecule has 0 saturated carbocycles. The van der Waals surface area contributed by atoms with E-state index < -0.39 is 0 Å². The number of aromatic nitrogens is 1. The highest BCUT2D eigenvalue weighted by atomic mass is 32.2. The maximum Gasteiger partial charge on any atom is 0.161 e. The molecule has 0 saturated heterocycles. The van der Waals surface area contributed by atoms with Crippen LogP contribution in [0.25, 0.3) is 0 Å². The quantitative estimate of drug-likeness (QED) is 0.892. The van der Waals surface area contributed by atoms with Crippen LogP contribution in [0.5, 0.6) is 0 Å². The van der Waals surface area contributed by atoms with Crippen molar-refractivity contribution in [3.63, 3.8) is 0 Å². The molecule has 92 valence electrons. The van der Waals surface area contributed by atoms with Crippen LogP contribution in [0.3, 0.4) is 0 Å². The third kappa shape index (κ3) is 3.22. The minimum absolute atomic E-state index is 0.654. The summed E-state index contributed by atoms with van der Waals surface area (Å²) in [6, 6.07) is 4.10. The Morgan fingerprint density at radius 3 is 2.94 bits per heavy atom. The zero-order valence-electron chi connectivity index (χ0n) is 10.7. The molecule has 1 aliphatic rings. The van der Waals surface area contributed by atoms with Crippen LogP contribution in [-0.2, 0) is 0 Å². The predicted molar refractivity (Wildman–Crippen MR) is 75.9 cm³/mol. The van der Waals surface area contributed by atoms with Crippen LogP contribution >= 0.6 is 11.8 Å². The SMILES string of the molecule is CCCC1CN=C(Nc2ccc(C)nc2C)S1. The molecule has 1 aromatic rings. The molecule has 1 atom stereocenters. The topological polar surface area (TPSA) is 37.3 Å². The Bertz CT molecular complexity index is 429. The highest BCUT2D eigenvalue weighted by Crippen LogP contribution is 2.26. The number of amidine groups is 1. The molecule has 1 unspecified atom stereocenters. The van der Waals surface area contributed by atoms with Gasteiger partial charge in [0.1, 0.15) is 0 Å². The van der Waals surface area contributed by atoms with Gasteiger partial charge < -0.3 is 5.32 Å². The van der Waals surface area contributed by atoms with Crippen molar-refractivity contribution < 1.29 is 0 Å². The molecule has 0 spiro atoms. The standard InChI is InChI=1S/C13H19N3S/c1-4-5-11-8-14-13(17-11)16-12-7-6-9(2)15-10(12)3/h6-7,11H,4-5,8H2,1-3H3,(H,14,16). The number of rotatable bonds is 3. The molecular formula is C13H19N3S. The van der Waals surface area contributed by atoms with Crippen molar-refractivity contribution in [2.75, 3.05) is 11.9 Å². The van der Waals surface area contributed by atoms with Crippen LogP contribution in [0.15, 0.2) is 17.1 Å². The minimum atomic E-state index is 0.654. The van der Waals surface area contributed by atoms with Crippen molar-refractivity contribution in [1.82, 2.24) is 4.98 Å². The average molecular weight is 249 g/mol. The fourth-order valence-electron chi connectivity index (χ4n) is 1.89. The van der Waals surface area contributed by atoms with Crippen LogP contribution in [0, 0.1) is 13.8 Å². The summed E-state index contributed by atoms with van der Waals surface area (Å²) in [7, 11) is 0. The van der Waals surface area contributed by atoms with Crippen molar-refractivity contribution in [2.45, 2.75) is 38.9 Å². The van der Waals surface area contributed by atoms with E-state index in [9.17, 15) is 0 Å². The van der Waals surface area contributed by atoms with Crippen molar-refractivity contribution in [1.29, 1.82) is 0 Å². The first-order valence-corrected chi connectivity index (χ1v) is 6.99. The minimum Gasteiger partial charge on any atom is -0.333 e. The second kappa shape index (κ2) is 5.54. The number of nitrogens with zero attached hydrogens (tertiary/aromatic N) is 2. The van der Waals surface area contributed by atoms with Gasteiger partial charge in [-0.3, -0.25) is 9.98 Å². The Labute approximate surface area is 107 Å². The molecule has 0 amide bonds. The fourth-order valence-corrected chi connectivity index (χ4v) is 3.03. The van der Waals surface area contributed by atoms with Gasteiger partial charge in [-0.05, 0) is 32.4 Å². The van der Waals surface area contributed by atoms with E-state index in [1.165, 1.54) is 12.8 Å². The number of nitrogens with one attached hydrogen (secondary N) is 1. The summed E-state index contributed by atoms with van der Waals surface area (Å²) in [4.78, 5) is 8.98. The lowest BCUT2D eigenvalue weighted by Crippen LogP contribution is -2.09. The van der Waals surface area contributed by atoms with E-state index in [1.807, 2.05) is 31.7 Å². The summed E-state index contributed by atoms with van der Waals surface area (Å²) >= 11 is 1.85. The van der Waals surface area contributed by atoms with Crippen LogP contribution in [-0.4, -0.2) is 21.9 Å². The number of hydrogen-bond donors (Lipinski definition) is 1.